The third-order valence-electron chi connectivity index (χ3n) is 0.213. The lowest BCUT2D eigenvalue weighted by Gasteiger charge is -1.85. The molecule has 1 atom stereocenters. The summed E-state index contributed by atoms with van der Waals surface area (Å²) < 4.78 is 0. The Morgan fingerprint density at radius 2 is 1.38 bits per heavy atom. The molecule has 0 aromatic carbocycles. The van der Waals surface area contributed by atoms with Crippen molar-refractivity contribution < 1.29 is 0 Å². The highest BCUT2D eigenvalue weighted by molar-refractivity contribution is 6.40. The molecule has 8 heavy (non-hydrogen) atoms. The summed E-state index contributed by atoms with van der Waals surface area (Å²) in [6.07, 6.45) is 0. The highest BCUT2D eigenvalue weighted by atomic mass is 35.5. The molecule has 0 saturated heterocycles. The van der Waals surface area contributed by atoms with E-state index in [1.807, 2.05) is 6.92 Å². The van der Waals surface area contributed by atoms with E-state index in [-0.39, 0.29) is 10.7 Å². The minimum absolute atomic E-state index is 0.122. The van der Waals surface area contributed by atoms with E-state index in [4.69, 9.17) is 46.4 Å². The molecule has 0 fully saturated rings. The summed E-state index contributed by atoms with van der Waals surface area (Å²) in [6, 6.07) is 0. The van der Waals surface area contributed by atoms with Gasteiger partial charge in [0.1, 0.15) is 0 Å². The second kappa shape index (κ2) is 11.0. The monoisotopic (exact) mass is 196 g/mol. The van der Waals surface area contributed by atoms with Gasteiger partial charge in [-0.25, -0.2) is 0 Å². The summed E-state index contributed by atoms with van der Waals surface area (Å²) in [4.78, 5) is 0. The van der Waals surface area contributed by atoms with Gasteiger partial charge in [-0.1, -0.05) is 0 Å². The molecule has 0 spiro atoms. The van der Waals surface area contributed by atoms with Crippen LogP contribution in [0.5, 0.6) is 0 Å². The van der Waals surface area contributed by atoms with Crippen molar-refractivity contribution in [1.82, 2.24) is 0 Å². The topological polar surface area (TPSA) is 0 Å². The molecule has 0 aromatic rings. The van der Waals surface area contributed by atoms with E-state index >= 15 is 0 Å². The molecule has 0 heterocycles. The highest BCUT2D eigenvalue weighted by Crippen LogP contribution is 1.93. The molecule has 1 unspecified atom stereocenters. The van der Waals surface area contributed by atoms with Gasteiger partial charge >= 0.3 is 0 Å². The minimum atomic E-state index is 0.122. The van der Waals surface area contributed by atoms with Gasteiger partial charge in [-0.15, -0.1) is 46.4 Å². The first kappa shape index (κ1) is 11.9. The van der Waals surface area contributed by atoms with Crippen LogP contribution in [0.25, 0.3) is 0 Å². The summed E-state index contributed by atoms with van der Waals surface area (Å²) in [7, 11) is 0. The molecular formula is C4H8Cl4. The molecule has 0 radical (unpaired) electrons. The molecule has 0 aliphatic rings. The maximum atomic E-state index is 5.33. The van der Waals surface area contributed by atoms with Gasteiger partial charge < -0.3 is 0 Å². The fourth-order valence-electron chi connectivity index (χ4n) is 0. The van der Waals surface area contributed by atoms with Crippen LogP contribution in [0.15, 0.2) is 0 Å². The number of rotatable bonds is 1. The van der Waals surface area contributed by atoms with E-state index in [9.17, 15) is 0 Å². The van der Waals surface area contributed by atoms with Crippen LogP contribution in [0.3, 0.4) is 0 Å². The average Bonchev–Trinajstić information content (AvgIpc) is 1.69. The van der Waals surface area contributed by atoms with Gasteiger partial charge in [0.25, 0.3) is 0 Å². The smallest absolute Gasteiger partial charge is 0.0967 e. The fourth-order valence-corrected chi connectivity index (χ4v) is 0. The second-order valence-electron chi connectivity index (χ2n) is 1.04. The predicted octanol–water partition coefficient (Wildman–Crippen LogP) is 3.27. The molecule has 0 aromatic heterocycles. The fraction of sp³-hybridized carbons (Fsp3) is 1.00. The highest BCUT2D eigenvalue weighted by Gasteiger charge is 1.85. The van der Waals surface area contributed by atoms with Crippen molar-refractivity contribution >= 4 is 46.4 Å². The molecule has 0 rings (SSSR count). The van der Waals surface area contributed by atoms with Crippen LogP contribution in [0.2, 0.25) is 0 Å². The number of alkyl halides is 4. The Labute approximate surface area is 70.1 Å². The summed E-state index contributed by atoms with van der Waals surface area (Å²) >= 11 is 20.1. The van der Waals surface area contributed by atoms with E-state index in [2.05, 4.69) is 0 Å². The first-order valence-electron chi connectivity index (χ1n) is 2.01. The van der Waals surface area contributed by atoms with Gasteiger partial charge in [0, 0.05) is 11.3 Å². The largest absolute Gasteiger partial charge is 0.125 e. The Hall–Kier alpha value is 1.16. The van der Waals surface area contributed by atoms with Gasteiger partial charge in [0.05, 0.1) is 5.34 Å². The van der Waals surface area contributed by atoms with Crippen LogP contribution in [0.4, 0.5) is 0 Å². The zero-order valence-electron chi connectivity index (χ0n) is 4.50. The normalized spacial score (nSPS) is 11.6. The van der Waals surface area contributed by atoms with Crippen LogP contribution >= 0.6 is 46.4 Å². The first-order chi connectivity index (χ1) is 3.68. The van der Waals surface area contributed by atoms with Crippen molar-refractivity contribution in [2.45, 2.75) is 12.3 Å². The average molecular weight is 198 g/mol. The third kappa shape index (κ3) is 27.2. The minimum Gasteiger partial charge on any atom is -0.125 e. The quantitative estimate of drug-likeness (QED) is 0.567. The van der Waals surface area contributed by atoms with Crippen LogP contribution in [-0.4, -0.2) is 16.6 Å². The standard InChI is InChI=1S/C3H6Cl2.CH2Cl2/c1-3(5)2-4;2-1-3/h3H,2H2,1H3;1H2. The molecule has 0 N–H and O–H groups in total. The SMILES string of the molecule is CC(Cl)CCl.ClCCl. The molecule has 0 saturated carbocycles. The Bertz CT molecular complexity index is 29.2. The maximum absolute atomic E-state index is 5.33. The number of hydrogen-bond donors (Lipinski definition) is 0. The number of halogens is 4. The summed E-state index contributed by atoms with van der Waals surface area (Å²) in [5.41, 5.74) is 0. The van der Waals surface area contributed by atoms with Crippen molar-refractivity contribution in [3.05, 3.63) is 0 Å². The molecule has 52 valence electrons. The molecule has 0 aliphatic carbocycles. The zero-order valence-corrected chi connectivity index (χ0v) is 7.53. The van der Waals surface area contributed by atoms with Crippen molar-refractivity contribution in [3.8, 4) is 0 Å². The Morgan fingerprint density at radius 3 is 1.38 bits per heavy atom. The van der Waals surface area contributed by atoms with E-state index in [0.717, 1.165) is 0 Å². The Morgan fingerprint density at radius 1 is 1.25 bits per heavy atom. The van der Waals surface area contributed by atoms with Crippen LogP contribution in [0, 0.1) is 0 Å². The Kier molecular flexibility index (Phi) is 16.4. The summed E-state index contributed by atoms with van der Waals surface area (Å²) in [6.45, 7) is 1.86. The summed E-state index contributed by atoms with van der Waals surface area (Å²) in [5.74, 6) is 0.543. The predicted molar refractivity (Wildman–Crippen MR) is 42.6 cm³/mol. The van der Waals surface area contributed by atoms with Gasteiger partial charge in [-0.3, -0.25) is 0 Å². The van der Waals surface area contributed by atoms with Crippen molar-refractivity contribution in [1.29, 1.82) is 0 Å². The summed E-state index contributed by atoms with van der Waals surface area (Å²) in [5, 5.41) is 0.316. The number of hydrogen-bond acceptors (Lipinski definition) is 0. The second-order valence-corrected chi connectivity index (χ2v) is 2.90. The zero-order chi connectivity index (χ0) is 6.99. The molecule has 0 amide bonds. The molecule has 4 heteroatoms. The molecule has 0 bridgehead atoms. The van der Waals surface area contributed by atoms with Crippen LogP contribution < -0.4 is 0 Å². The molecule has 0 aliphatic heterocycles. The molecule has 0 nitrogen and oxygen atoms in total. The van der Waals surface area contributed by atoms with Crippen molar-refractivity contribution in [3.63, 3.8) is 0 Å². The lowest BCUT2D eigenvalue weighted by Crippen LogP contribution is -1.87. The Balaban J connectivity index is 0. The lowest BCUT2D eigenvalue weighted by atomic mass is 10.6. The van der Waals surface area contributed by atoms with E-state index in [1.165, 1.54) is 0 Å². The van der Waals surface area contributed by atoms with E-state index in [0.29, 0.717) is 5.88 Å². The van der Waals surface area contributed by atoms with Gasteiger partial charge in [0.15, 0.2) is 0 Å². The van der Waals surface area contributed by atoms with E-state index < -0.39 is 0 Å². The van der Waals surface area contributed by atoms with Gasteiger partial charge in [-0.2, -0.15) is 0 Å². The lowest BCUT2D eigenvalue weighted by molar-refractivity contribution is 1.11. The molecular weight excluding hydrogens is 190 g/mol. The third-order valence-corrected chi connectivity index (χ3v) is 0.988. The maximum Gasteiger partial charge on any atom is 0.0967 e. The van der Waals surface area contributed by atoms with Gasteiger partial charge in [-0.05, 0) is 6.92 Å². The van der Waals surface area contributed by atoms with Crippen LogP contribution in [0.1, 0.15) is 6.92 Å². The van der Waals surface area contributed by atoms with E-state index in [1.54, 1.807) is 0 Å². The van der Waals surface area contributed by atoms with Crippen molar-refractivity contribution in [2.75, 3.05) is 11.2 Å². The first-order valence-corrected chi connectivity index (χ1v) is 4.05. The van der Waals surface area contributed by atoms with Crippen LogP contribution in [-0.2, 0) is 0 Å². The van der Waals surface area contributed by atoms with Crippen molar-refractivity contribution in [2.24, 2.45) is 0 Å². The van der Waals surface area contributed by atoms with Gasteiger partial charge in [0.2, 0.25) is 0 Å².